The second kappa shape index (κ2) is 11.8. The van der Waals surface area contributed by atoms with Gasteiger partial charge in [-0.2, -0.15) is 0 Å². The van der Waals surface area contributed by atoms with Gasteiger partial charge in [0.25, 0.3) is 0 Å². The molecule has 2 heteroatoms. The molecule has 0 aliphatic rings. The lowest BCUT2D eigenvalue weighted by Crippen LogP contribution is -1.92. The summed E-state index contributed by atoms with van der Waals surface area (Å²) >= 11 is 0. The number of hydrogen-bond acceptors (Lipinski definition) is 2. The van der Waals surface area contributed by atoms with Gasteiger partial charge in [-0.3, -0.25) is 0 Å². The van der Waals surface area contributed by atoms with Crippen molar-refractivity contribution in [2.75, 3.05) is 0 Å². The number of fused-ring (bicyclic) bond motifs is 8. The first-order chi connectivity index (χ1) is 26.3. The Kier molecular flexibility index (Phi) is 6.59. The molecule has 0 amide bonds. The summed E-state index contributed by atoms with van der Waals surface area (Å²) in [6, 6.07) is 67.7. The van der Waals surface area contributed by atoms with Gasteiger partial charge in [-0.1, -0.05) is 164 Å². The van der Waals surface area contributed by atoms with Gasteiger partial charge in [-0.15, -0.1) is 0 Å². The number of nitrogens with zero attached hydrogens (tertiary/aromatic N) is 1. The molecule has 0 saturated carbocycles. The highest BCUT2D eigenvalue weighted by Crippen LogP contribution is 2.47. The predicted octanol–water partition coefficient (Wildman–Crippen LogP) is 14.3. The van der Waals surface area contributed by atoms with Crippen LogP contribution < -0.4 is 0 Å². The van der Waals surface area contributed by atoms with E-state index in [1.807, 2.05) is 30.3 Å². The monoisotopic (exact) mass is 673 g/mol. The molecular formula is C51H31NO. The lowest BCUT2D eigenvalue weighted by molar-refractivity contribution is 0.623. The third kappa shape index (κ3) is 4.63. The zero-order valence-corrected chi connectivity index (χ0v) is 28.8. The molecular weight excluding hydrogens is 643 g/mol. The van der Waals surface area contributed by atoms with E-state index in [2.05, 4.69) is 158 Å². The minimum absolute atomic E-state index is 0.641. The molecule has 0 spiro atoms. The average Bonchev–Trinajstić information content (AvgIpc) is 3.68. The highest BCUT2D eigenvalue weighted by molar-refractivity contribution is 6.25. The number of hydrogen-bond donors (Lipinski definition) is 0. The molecule has 0 aliphatic heterocycles. The van der Waals surface area contributed by atoms with E-state index in [-0.39, 0.29) is 0 Å². The maximum atomic E-state index is 6.51. The first-order valence-corrected chi connectivity index (χ1v) is 18.1. The summed E-state index contributed by atoms with van der Waals surface area (Å²) in [5, 5.41) is 12.0. The molecule has 246 valence electrons. The van der Waals surface area contributed by atoms with Crippen molar-refractivity contribution in [2.45, 2.75) is 0 Å². The van der Waals surface area contributed by atoms with Crippen LogP contribution in [0.25, 0.3) is 110 Å². The minimum Gasteiger partial charge on any atom is -0.435 e. The largest absolute Gasteiger partial charge is 0.435 e. The van der Waals surface area contributed by atoms with Crippen LogP contribution in [0.5, 0.6) is 0 Å². The van der Waals surface area contributed by atoms with Crippen LogP contribution in [0.15, 0.2) is 192 Å². The molecule has 10 aromatic carbocycles. The third-order valence-corrected chi connectivity index (χ3v) is 10.9. The van der Waals surface area contributed by atoms with E-state index < -0.39 is 0 Å². The Morgan fingerprint density at radius 2 is 0.887 bits per heavy atom. The molecule has 0 saturated heterocycles. The Hall–Kier alpha value is -7.03. The summed E-state index contributed by atoms with van der Waals surface area (Å²) in [5.74, 6) is 0.641. The SMILES string of the molecule is c1ccc(-c2nc3ccc4ccc5cc(-c6c7ccccc7c(-c7cccc8c(-c9ccccc9)cccc78)c7ccccc67)ccc5c4c3o2)cc1. The Balaban J connectivity index is 1.15. The average molecular weight is 674 g/mol. The fraction of sp³-hybridized carbons (Fsp3) is 0. The maximum Gasteiger partial charge on any atom is 0.227 e. The minimum atomic E-state index is 0.641. The molecule has 0 aliphatic carbocycles. The zero-order valence-electron chi connectivity index (χ0n) is 28.8. The van der Waals surface area contributed by atoms with Gasteiger partial charge in [0.1, 0.15) is 5.52 Å². The number of oxazole rings is 1. The van der Waals surface area contributed by atoms with Crippen molar-refractivity contribution in [1.29, 1.82) is 0 Å². The summed E-state index contributed by atoms with van der Waals surface area (Å²) in [5.41, 5.74) is 10.1. The molecule has 11 rings (SSSR count). The van der Waals surface area contributed by atoms with Crippen LogP contribution in [0.1, 0.15) is 0 Å². The second-order valence-electron chi connectivity index (χ2n) is 13.8. The normalized spacial score (nSPS) is 11.8. The van der Waals surface area contributed by atoms with E-state index in [9.17, 15) is 0 Å². The number of aromatic nitrogens is 1. The van der Waals surface area contributed by atoms with E-state index in [0.29, 0.717) is 5.89 Å². The Morgan fingerprint density at radius 1 is 0.340 bits per heavy atom. The van der Waals surface area contributed by atoms with Crippen molar-refractivity contribution >= 4 is 65.0 Å². The fourth-order valence-corrected chi connectivity index (χ4v) is 8.52. The van der Waals surface area contributed by atoms with Crippen LogP contribution in [0.2, 0.25) is 0 Å². The van der Waals surface area contributed by atoms with Crippen LogP contribution in [0.3, 0.4) is 0 Å². The first-order valence-electron chi connectivity index (χ1n) is 18.1. The van der Waals surface area contributed by atoms with Crippen LogP contribution in [-0.2, 0) is 0 Å². The smallest absolute Gasteiger partial charge is 0.227 e. The van der Waals surface area contributed by atoms with Crippen molar-refractivity contribution in [3.8, 4) is 44.8 Å². The van der Waals surface area contributed by atoms with Crippen molar-refractivity contribution in [3.63, 3.8) is 0 Å². The molecule has 53 heavy (non-hydrogen) atoms. The van der Waals surface area contributed by atoms with Gasteiger partial charge >= 0.3 is 0 Å². The lowest BCUT2D eigenvalue weighted by atomic mass is 9.84. The summed E-state index contributed by atoms with van der Waals surface area (Å²) in [4.78, 5) is 4.88. The van der Waals surface area contributed by atoms with Crippen molar-refractivity contribution in [3.05, 3.63) is 188 Å². The number of benzene rings is 10. The lowest BCUT2D eigenvalue weighted by Gasteiger charge is -2.19. The topological polar surface area (TPSA) is 26.0 Å². The Morgan fingerprint density at radius 3 is 1.58 bits per heavy atom. The van der Waals surface area contributed by atoms with E-state index in [1.165, 1.54) is 71.1 Å². The number of rotatable bonds is 4. The van der Waals surface area contributed by atoms with Crippen LogP contribution in [0, 0.1) is 0 Å². The van der Waals surface area contributed by atoms with Gasteiger partial charge in [0.15, 0.2) is 5.58 Å². The van der Waals surface area contributed by atoms with E-state index in [0.717, 1.165) is 32.8 Å². The molecule has 0 atom stereocenters. The van der Waals surface area contributed by atoms with Crippen molar-refractivity contribution < 1.29 is 4.42 Å². The predicted molar refractivity (Wildman–Crippen MR) is 223 cm³/mol. The van der Waals surface area contributed by atoms with Gasteiger partial charge in [0.05, 0.1) is 0 Å². The molecule has 0 bridgehead atoms. The van der Waals surface area contributed by atoms with Crippen LogP contribution in [-0.4, -0.2) is 4.98 Å². The standard InChI is InChI=1S/C51H31NO/c1-3-13-32(14-4-1)37-21-11-23-40-39(37)22-12-24-41(40)49-44-19-9-7-17-42(44)47(43-18-8-10-20-45(43)49)36-27-29-38-35(31-36)26-25-33-28-30-46-50(48(33)38)53-51(52-46)34-15-5-2-6-16-34/h1-31H. The molecule has 0 N–H and O–H groups in total. The quantitative estimate of drug-likeness (QED) is 0.137. The second-order valence-corrected chi connectivity index (χ2v) is 13.8. The van der Waals surface area contributed by atoms with Gasteiger partial charge in [-0.05, 0) is 106 Å². The van der Waals surface area contributed by atoms with Crippen molar-refractivity contribution in [2.24, 2.45) is 0 Å². The van der Waals surface area contributed by atoms with E-state index in [4.69, 9.17) is 9.40 Å². The molecule has 1 heterocycles. The van der Waals surface area contributed by atoms with Gasteiger partial charge < -0.3 is 4.42 Å². The highest BCUT2D eigenvalue weighted by atomic mass is 16.3. The van der Waals surface area contributed by atoms with E-state index >= 15 is 0 Å². The molecule has 2 nitrogen and oxygen atoms in total. The molecule has 1 aromatic heterocycles. The van der Waals surface area contributed by atoms with E-state index in [1.54, 1.807) is 0 Å². The van der Waals surface area contributed by atoms with Crippen LogP contribution in [0.4, 0.5) is 0 Å². The summed E-state index contributed by atoms with van der Waals surface area (Å²) in [7, 11) is 0. The third-order valence-electron chi connectivity index (χ3n) is 10.9. The zero-order chi connectivity index (χ0) is 34.9. The van der Waals surface area contributed by atoms with Crippen molar-refractivity contribution in [1.82, 2.24) is 4.98 Å². The van der Waals surface area contributed by atoms with Gasteiger partial charge in [0.2, 0.25) is 5.89 Å². The summed E-state index contributed by atoms with van der Waals surface area (Å²) in [6.07, 6.45) is 0. The Labute approximate surface area is 306 Å². The first kappa shape index (κ1) is 29.7. The molecule has 0 radical (unpaired) electrons. The molecule has 0 unspecified atom stereocenters. The molecule has 11 aromatic rings. The summed E-state index contributed by atoms with van der Waals surface area (Å²) < 4.78 is 6.51. The highest BCUT2D eigenvalue weighted by Gasteiger charge is 2.20. The Bertz CT molecular complexity index is 3160. The fourth-order valence-electron chi connectivity index (χ4n) is 8.52. The van der Waals surface area contributed by atoms with Gasteiger partial charge in [-0.25, -0.2) is 4.98 Å². The summed E-state index contributed by atoms with van der Waals surface area (Å²) in [6.45, 7) is 0. The molecule has 0 fully saturated rings. The van der Waals surface area contributed by atoms with Crippen LogP contribution >= 0.6 is 0 Å². The van der Waals surface area contributed by atoms with Gasteiger partial charge in [0, 0.05) is 10.9 Å². The maximum absolute atomic E-state index is 6.51.